The van der Waals surface area contributed by atoms with Crippen molar-refractivity contribution in [3.8, 4) is 5.69 Å². The highest BCUT2D eigenvalue weighted by molar-refractivity contribution is 6.22. The minimum atomic E-state index is -4.62. The van der Waals surface area contributed by atoms with Crippen LogP contribution in [0, 0.1) is 0 Å². The maximum Gasteiger partial charge on any atom is 0.416 e. The molecule has 3 aromatic rings. The third-order valence-corrected chi connectivity index (χ3v) is 5.21. The summed E-state index contributed by atoms with van der Waals surface area (Å²) >= 11 is 0. The average Bonchev–Trinajstić information content (AvgIpc) is 3.39. The Bertz CT molecular complexity index is 1240. The SMILES string of the molecule is CCCCN1C(=O)c2ccc(C(=O)Nc3cc(C(F)(F)F)ccc3-n3cncn3)cc2C1=O. The summed E-state index contributed by atoms with van der Waals surface area (Å²) in [5.74, 6) is -1.67. The molecule has 0 radical (unpaired) electrons. The van der Waals surface area contributed by atoms with Crippen LogP contribution in [0.15, 0.2) is 49.1 Å². The predicted octanol–water partition coefficient (Wildman–Crippen LogP) is 3.93. The fraction of sp³-hybridized carbons (Fsp3) is 0.227. The van der Waals surface area contributed by atoms with Crippen molar-refractivity contribution >= 4 is 23.4 Å². The van der Waals surface area contributed by atoms with Crippen LogP contribution < -0.4 is 5.32 Å². The van der Waals surface area contributed by atoms with Crippen LogP contribution in [-0.4, -0.2) is 43.9 Å². The number of carbonyl (C=O) groups excluding carboxylic acids is 3. The van der Waals surface area contributed by atoms with Crippen LogP contribution in [0.25, 0.3) is 5.69 Å². The van der Waals surface area contributed by atoms with Gasteiger partial charge in [-0.25, -0.2) is 9.67 Å². The highest BCUT2D eigenvalue weighted by Crippen LogP contribution is 2.33. The first-order chi connectivity index (χ1) is 15.7. The molecular weight excluding hydrogens is 439 g/mol. The van der Waals surface area contributed by atoms with Gasteiger partial charge in [0, 0.05) is 12.1 Å². The van der Waals surface area contributed by atoms with Crippen molar-refractivity contribution in [2.24, 2.45) is 0 Å². The summed E-state index contributed by atoms with van der Waals surface area (Å²) in [4.78, 5) is 42.9. The maximum absolute atomic E-state index is 13.2. The van der Waals surface area contributed by atoms with Crippen molar-refractivity contribution in [3.05, 3.63) is 71.3 Å². The second-order valence-corrected chi connectivity index (χ2v) is 7.40. The number of amides is 3. The molecule has 0 saturated carbocycles. The second kappa shape index (κ2) is 8.49. The number of carbonyl (C=O) groups is 3. The Hall–Kier alpha value is -4.02. The lowest BCUT2D eigenvalue weighted by Gasteiger charge is -2.14. The van der Waals surface area contributed by atoms with E-state index in [0.717, 1.165) is 23.5 Å². The number of hydrogen-bond donors (Lipinski definition) is 1. The minimum absolute atomic E-state index is 0.0224. The standard InChI is InChI=1S/C22H18F3N5O3/c1-2-3-8-29-20(32)15-6-4-13(9-16(15)21(29)33)19(31)28-17-10-14(22(23,24)25)5-7-18(17)30-12-26-11-27-30/h4-7,9-12H,2-3,8H2,1H3,(H,28,31). The van der Waals surface area contributed by atoms with Gasteiger partial charge in [-0.3, -0.25) is 19.3 Å². The first kappa shape index (κ1) is 22.2. The van der Waals surface area contributed by atoms with Crippen LogP contribution in [0.1, 0.15) is 56.4 Å². The first-order valence-corrected chi connectivity index (χ1v) is 10.1. The monoisotopic (exact) mass is 457 g/mol. The normalized spacial score (nSPS) is 13.4. The molecule has 1 aliphatic heterocycles. The molecule has 2 heterocycles. The van der Waals surface area contributed by atoms with Crippen LogP contribution in [0.5, 0.6) is 0 Å². The van der Waals surface area contributed by atoms with Crippen molar-refractivity contribution in [2.75, 3.05) is 11.9 Å². The predicted molar refractivity (Wildman–Crippen MR) is 111 cm³/mol. The molecule has 0 spiro atoms. The molecule has 8 nitrogen and oxygen atoms in total. The molecule has 0 saturated heterocycles. The van der Waals surface area contributed by atoms with E-state index in [4.69, 9.17) is 0 Å². The lowest BCUT2D eigenvalue weighted by atomic mass is 10.0. The number of halogens is 3. The summed E-state index contributed by atoms with van der Waals surface area (Å²) in [5, 5.41) is 6.36. The van der Waals surface area contributed by atoms with Crippen LogP contribution in [-0.2, 0) is 6.18 Å². The lowest BCUT2D eigenvalue weighted by molar-refractivity contribution is -0.137. The Balaban J connectivity index is 1.66. The van der Waals surface area contributed by atoms with Gasteiger partial charge in [0.1, 0.15) is 12.7 Å². The molecule has 4 rings (SSSR count). The molecule has 0 fully saturated rings. The number of benzene rings is 2. The number of fused-ring (bicyclic) bond motifs is 1. The topological polar surface area (TPSA) is 97.2 Å². The summed E-state index contributed by atoms with van der Waals surface area (Å²) in [6.07, 6.45) is -0.687. The number of unbranched alkanes of at least 4 members (excludes halogenated alkanes) is 1. The lowest BCUT2D eigenvalue weighted by Crippen LogP contribution is -2.30. The van der Waals surface area contributed by atoms with Crippen molar-refractivity contribution < 1.29 is 27.6 Å². The van der Waals surface area contributed by atoms with E-state index in [-0.39, 0.29) is 34.6 Å². The molecule has 33 heavy (non-hydrogen) atoms. The molecule has 0 atom stereocenters. The van der Waals surface area contributed by atoms with E-state index in [1.807, 2.05) is 6.92 Å². The van der Waals surface area contributed by atoms with Gasteiger partial charge in [0.15, 0.2) is 0 Å². The molecule has 0 unspecified atom stereocenters. The van der Waals surface area contributed by atoms with Gasteiger partial charge in [-0.2, -0.15) is 18.3 Å². The summed E-state index contributed by atoms with van der Waals surface area (Å²) in [6.45, 7) is 2.21. The van der Waals surface area contributed by atoms with E-state index in [1.165, 1.54) is 41.6 Å². The fourth-order valence-electron chi connectivity index (χ4n) is 3.49. The van der Waals surface area contributed by atoms with Gasteiger partial charge in [0.25, 0.3) is 17.7 Å². The third-order valence-electron chi connectivity index (χ3n) is 5.21. The summed E-state index contributed by atoms with van der Waals surface area (Å²) < 4.78 is 40.9. The average molecular weight is 457 g/mol. The number of nitrogens with one attached hydrogen (secondary N) is 1. The highest BCUT2D eigenvalue weighted by Gasteiger charge is 2.36. The zero-order valence-corrected chi connectivity index (χ0v) is 17.4. The smallest absolute Gasteiger partial charge is 0.320 e. The molecule has 0 aliphatic carbocycles. The summed E-state index contributed by atoms with van der Waals surface area (Å²) in [7, 11) is 0. The van der Waals surface area contributed by atoms with E-state index >= 15 is 0 Å². The van der Waals surface area contributed by atoms with Crippen molar-refractivity contribution in [1.82, 2.24) is 19.7 Å². The Morgan fingerprint density at radius 1 is 1.06 bits per heavy atom. The van der Waals surface area contributed by atoms with Crippen LogP contribution in [0.2, 0.25) is 0 Å². The number of anilines is 1. The number of nitrogens with zero attached hydrogens (tertiary/aromatic N) is 4. The van der Waals surface area contributed by atoms with E-state index in [9.17, 15) is 27.6 Å². The minimum Gasteiger partial charge on any atom is -0.320 e. The second-order valence-electron chi connectivity index (χ2n) is 7.40. The van der Waals surface area contributed by atoms with Gasteiger partial charge in [-0.05, 0) is 42.8 Å². The van der Waals surface area contributed by atoms with Gasteiger partial charge in [-0.15, -0.1) is 0 Å². The quantitative estimate of drug-likeness (QED) is 0.566. The van der Waals surface area contributed by atoms with Crippen LogP contribution in [0.3, 0.4) is 0 Å². The number of imide groups is 1. The molecular formula is C22H18F3N5O3. The van der Waals surface area contributed by atoms with Gasteiger partial charge >= 0.3 is 6.18 Å². The summed E-state index contributed by atoms with van der Waals surface area (Å²) in [5.41, 5.74) is -0.628. The molecule has 1 aromatic heterocycles. The van der Waals surface area contributed by atoms with E-state index in [1.54, 1.807) is 0 Å². The van der Waals surface area contributed by atoms with Crippen LogP contribution >= 0.6 is 0 Å². The Kier molecular flexibility index (Phi) is 5.71. The largest absolute Gasteiger partial charge is 0.416 e. The van der Waals surface area contributed by atoms with Crippen molar-refractivity contribution in [2.45, 2.75) is 25.9 Å². The number of rotatable bonds is 6. The van der Waals surface area contributed by atoms with Crippen molar-refractivity contribution in [1.29, 1.82) is 0 Å². The zero-order valence-electron chi connectivity index (χ0n) is 17.4. The number of hydrogen-bond acceptors (Lipinski definition) is 5. The van der Waals surface area contributed by atoms with Gasteiger partial charge in [0.05, 0.1) is 28.1 Å². The molecule has 11 heteroatoms. The van der Waals surface area contributed by atoms with Gasteiger partial charge in [0.2, 0.25) is 0 Å². The Morgan fingerprint density at radius 3 is 2.48 bits per heavy atom. The molecule has 3 amide bonds. The molecule has 2 aromatic carbocycles. The molecule has 170 valence electrons. The number of aromatic nitrogens is 3. The Labute approximate surface area is 186 Å². The Morgan fingerprint density at radius 2 is 1.82 bits per heavy atom. The van der Waals surface area contributed by atoms with Crippen molar-refractivity contribution in [3.63, 3.8) is 0 Å². The molecule has 1 N–H and O–H groups in total. The van der Waals surface area contributed by atoms with E-state index < -0.39 is 29.5 Å². The maximum atomic E-state index is 13.2. The first-order valence-electron chi connectivity index (χ1n) is 10.1. The van der Waals surface area contributed by atoms with E-state index in [2.05, 4.69) is 15.4 Å². The van der Waals surface area contributed by atoms with E-state index in [0.29, 0.717) is 6.42 Å². The fourth-order valence-corrected chi connectivity index (χ4v) is 3.49. The van der Waals surface area contributed by atoms with Gasteiger partial charge < -0.3 is 5.32 Å². The number of alkyl halides is 3. The molecule has 0 bridgehead atoms. The van der Waals surface area contributed by atoms with Crippen LogP contribution in [0.4, 0.5) is 18.9 Å². The third kappa shape index (κ3) is 4.21. The van der Waals surface area contributed by atoms with Gasteiger partial charge in [-0.1, -0.05) is 13.3 Å². The summed E-state index contributed by atoms with van der Waals surface area (Å²) in [6, 6.07) is 6.84. The highest BCUT2D eigenvalue weighted by atomic mass is 19.4. The molecule has 1 aliphatic rings. The zero-order chi connectivity index (χ0) is 23.8.